The molecule has 90 valence electrons. The zero-order valence-electron chi connectivity index (χ0n) is 9.92. The van der Waals surface area contributed by atoms with Crippen molar-refractivity contribution < 1.29 is 9.53 Å². The van der Waals surface area contributed by atoms with Gasteiger partial charge in [0.05, 0.1) is 25.2 Å². The van der Waals surface area contributed by atoms with Crippen molar-refractivity contribution in [3.63, 3.8) is 0 Å². The predicted molar refractivity (Wildman–Crippen MR) is 65.8 cm³/mol. The van der Waals surface area contributed by atoms with Crippen molar-refractivity contribution in [2.45, 2.75) is 25.6 Å². The van der Waals surface area contributed by atoms with Crippen LogP contribution in [0.2, 0.25) is 0 Å². The van der Waals surface area contributed by atoms with Crippen LogP contribution >= 0.6 is 11.6 Å². The highest BCUT2D eigenvalue weighted by Crippen LogP contribution is 2.22. The quantitative estimate of drug-likeness (QED) is 0.610. The first kappa shape index (κ1) is 13.5. The molecule has 0 fully saturated rings. The SMILES string of the molecule is CCc1c(C#N)ccc(CC(=O)OC)c1CCl. The van der Waals surface area contributed by atoms with Crippen LogP contribution in [0.5, 0.6) is 0 Å². The summed E-state index contributed by atoms with van der Waals surface area (Å²) in [6, 6.07) is 5.64. The molecule has 3 nitrogen and oxygen atoms in total. The van der Waals surface area contributed by atoms with E-state index >= 15 is 0 Å². The highest BCUT2D eigenvalue weighted by Gasteiger charge is 2.13. The molecule has 0 unspecified atom stereocenters. The Morgan fingerprint density at radius 1 is 1.47 bits per heavy atom. The minimum absolute atomic E-state index is 0.192. The van der Waals surface area contributed by atoms with Crippen molar-refractivity contribution >= 4 is 17.6 Å². The number of rotatable bonds is 4. The van der Waals surface area contributed by atoms with Crippen LogP contribution < -0.4 is 0 Å². The highest BCUT2D eigenvalue weighted by atomic mass is 35.5. The maximum Gasteiger partial charge on any atom is 0.309 e. The Morgan fingerprint density at radius 3 is 2.65 bits per heavy atom. The first-order valence-electron chi connectivity index (χ1n) is 5.34. The van der Waals surface area contributed by atoms with Gasteiger partial charge in [-0.1, -0.05) is 13.0 Å². The number of hydrogen-bond acceptors (Lipinski definition) is 3. The van der Waals surface area contributed by atoms with Crippen LogP contribution in [0.4, 0.5) is 0 Å². The van der Waals surface area contributed by atoms with E-state index in [-0.39, 0.29) is 12.4 Å². The number of carbonyl (C=O) groups is 1. The van der Waals surface area contributed by atoms with Gasteiger partial charge in [-0.25, -0.2) is 0 Å². The Kier molecular flexibility index (Phi) is 4.99. The van der Waals surface area contributed by atoms with Crippen LogP contribution in [0, 0.1) is 11.3 Å². The first-order chi connectivity index (χ1) is 8.17. The number of esters is 1. The molecule has 17 heavy (non-hydrogen) atoms. The van der Waals surface area contributed by atoms with E-state index in [9.17, 15) is 4.79 Å². The fraction of sp³-hybridized carbons (Fsp3) is 0.385. The van der Waals surface area contributed by atoms with Crippen molar-refractivity contribution in [3.8, 4) is 6.07 Å². The van der Waals surface area contributed by atoms with Gasteiger partial charge in [0.1, 0.15) is 0 Å². The Morgan fingerprint density at radius 2 is 2.18 bits per heavy atom. The number of alkyl halides is 1. The first-order valence-corrected chi connectivity index (χ1v) is 5.87. The highest BCUT2D eigenvalue weighted by molar-refractivity contribution is 6.17. The maximum atomic E-state index is 11.3. The minimum Gasteiger partial charge on any atom is -0.469 e. The lowest BCUT2D eigenvalue weighted by molar-refractivity contribution is -0.139. The van der Waals surface area contributed by atoms with E-state index in [1.165, 1.54) is 7.11 Å². The summed E-state index contributed by atoms with van der Waals surface area (Å²) in [6.07, 6.45) is 0.914. The monoisotopic (exact) mass is 251 g/mol. The molecule has 0 bridgehead atoms. The molecule has 0 saturated carbocycles. The number of nitriles is 1. The molecule has 0 aliphatic carbocycles. The van der Waals surface area contributed by atoms with Crippen LogP contribution in [0.1, 0.15) is 29.2 Å². The molecular weight excluding hydrogens is 238 g/mol. The summed E-state index contributed by atoms with van der Waals surface area (Å²) in [5.74, 6) is -0.00601. The molecule has 0 radical (unpaired) electrons. The van der Waals surface area contributed by atoms with Crippen LogP contribution in [0.25, 0.3) is 0 Å². The van der Waals surface area contributed by atoms with E-state index in [0.29, 0.717) is 11.4 Å². The summed E-state index contributed by atoms with van der Waals surface area (Å²) >= 11 is 5.91. The summed E-state index contributed by atoms with van der Waals surface area (Å²) < 4.78 is 4.64. The van der Waals surface area contributed by atoms with Gasteiger partial charge in [0, 0.05) is 5.88 Å². The summed E-state index contributed by atoms with van der Waals surface area (Å²) in [6.45, 7) is 1.97. The van der Waals surface area contributed by atoms with Crippen LogP contribution in [0.15, 0.2) is 12.1 Å². The van der Waals surface area contributed by atoms with E-state index in [1.54, 1.807) is 12.1 Å². The molecule has 0 spiro atoms. The number of ether oxygens (including phenoxy) is 1. The summed E-state index contributed by atoms with van der Waals surface area (Å²) in [7, 11) is 1.35. The van der Waals surface area contributed by atoms with E-state index in [4.69, 9.17) is 16.9 Å². The van der Waals surface area contributed by atoms with Crippen LogP contribution in [-0.2, 0) is 28.3 Å². The van der Waals surface area contributed by atoms with Crippen LogP contribution in [-0.4, -0.2) is 13.1 Å². The molecule has 0 heterocycles. The molecular formula is C13H14ClNO2. The number of carbonyl (C=O) groups excluding carboxylic acids is 1. The molecule has 0 amide bonds. The largest absolute Gasteiger partial charge is 0.469 e. The molecule has 0 aliphatic rings. The Labute approximate surface area is 106 Å². The zero-order valence-corrected chi connectivity index (χ0v) is 10.7. The lowest BCUT2D eigenvalue weighted by Crippen LogP contribution is -2.09. The Balaban J connectivity index is 3.24. The Hall–Kier alpha value is -1.53. The maximum absolute atomic E-state index is 11.3. The van der Waals surface area contributed by atoms with Gasteiger partial charge in [0.2, 0.25) is 0 Å². The summed E-state index contributed by atoms with van der Waals surface area (Å²) in [4.78, 5) is 11.3. The molecule has 0 aliphatic heterocycles. The number of halogens is 1. The van der Waals surface area contributed by atoms with Gasteiger partial charge in [-0.05, 0) is 29.2 Å². The predicted octanol–water partition coefficient (Wildman–Crippen LogP) is 2.57. The van der Waals surface area contributed by atoms with Gasteiger partial charge >= 0.3 is 5.97 Å². The van der Waals surface area contributed by atoms with Gasteiger partial charge in [-0.2, -0.15) is 5.26 Å². The third-order valence-corrected chi connectivity index (χ3v) is 2.97. The Bertz CT molecular complexity index is 463. The van der Waals surface area contributed by atoms with Gasteiger partial charge in [0.25, 0.3) is 0 Å². The van der Waals surface area contributed by atoms with Crippen molar-refractivity contribution in [1.82, 2.24) is 0 Å². The fourth-order valence-electron chi connectivity index (χ4n) is 1.81. The van der Waals surface area contributed by atoms with Crippen molar-refractivity contribution in [3.05, 3.63) is 34.4 Å². The lowest BCUT2D eigenvalue weighted by atomic mass is 9.94. The van der Waals surface area contributed by atoms with Crippen molar-refractivity contribution in [1.29, 1.82) is 5.26 Å². The molecule has 1 rings (SSSR count). The second-order valence-electron chi connectivity index (χ2n) is 3.58. The second-order valence-corrected chi connectivity index (χ2v) is 3.85. The van der Waals surface area contributed by atoms with E-state index in [0.717, 1.165) is 23.1 Å². The molecule has 0 atom stereocenters. The summed E-state index contributed by atoms with van der Waals surface area (Å²) in [5, 5.41) is 9.00. The average molecular weight is 252 g/mol. The molecule has 0 saturated heterocycles. The van der Waals surface area contributed by atoms with Gasteiger partial charge in [0.15, 0.2) is 0 Å². The van der Waals surface area contributed by atoms with E-state index in [1.807, 2.05) is 6.92 Å². The smallest absolute Gasteiger partial charge is 0.309 e. The topological polar surface area (TPSA) is 50.1 Å². The van der Waals surface area contributed by atoms with Crippen LogP contribution in [0.3, 0.4) is 0 Å². The summed E-state index contributed by atoms with van der Waals surface area (Å²) in [5.41, 5.74) is 3.25. The number of benzene rings is 1. The van der Waals surface area contributed by atoms with Crippen molar-refractivity contribution in [2.75, 3.05) is 7.11 Å². The number of nitrogens with zero attached hydrogens (tertiary/aromatic N) is 1. The minimum atomic E-state index is -0.303. The van der Waals surface area contributed by atoms with E-state index < -0.39 is 0 Å². The molecule has 4 heteroatoms. The number of methoxy groups -OCH3 is 1. The van der Waals surface area contributed by atoms with Gasteiger partial charge < -0.3 is 4.74 Å². The number of hydrogen-bond donors (Lipinski definition) is 0. The van der Waals surface area contributed by atoms with Crippen molar-refractivity contribution in [2.24, 2.45) is 0 Å². The van der Waals surface area contributed by atoms with E-state index in [2.05, 4.69) is 10.8 Å². The van der Waals surface area contributed by atoms with Gasteiger partial charge in [-0.15, -0.1) is 11.6 Å². The molecule has 0 aromatic heterocycles. The standard InChI is InChI=1S/C13H14ClNO2/c1-3-11-10(8-15)5-4-9(12(11)7-14)6-13(16)17-2/h4-5H,3,6-7H2,1-2H3. The fourth-order valence-corrected chi connectivity index (χ4v) is 2.14. The normalized spacial score (nSPS) is 9.76. The average Bonchev–Trinajstić information content (AvgIpc) is 2.37. The second kappa shape index (κ2) is 6.27. The third-order valence-electron chi connectivity index (χ3n) is 2.70. The lowest BCUT2D eigenvalue weighted by Gasteiger charge is -2.12. The third kappa shape index (κ3) is 2.98. The molecule has 1 aromatic rings. The molecule has 0 N–H and O–H groups in total. The zero-order chi connectivity index (χ0) is 12.8. The molecule has 1 aromatic carbocycles. The van der Waals surface area contributed by atoms with Gasteiger partial charge in [-0.3, -0.25) is 4.79 Å².